The van der Waals surface area contributed by atoms with Gasteiger partial charge in [0.15, 0.2) is 0 Å². The number of hydrogen-bond donors (Lipinski definition) is 1. The molecule has 1 aliphatic carbocycles. The fourth-order valence-corrected chi connectivity index (χ4v) is 2.75. The summed E-state index contributed by atoms with van der Waals surface area (Å²) in [6.45, 7) is 12.3. The summed E-state index contributed by atoms with van der Waals surface area (Å²) in [5.41, 5.74) is 0. The summed E-state index contributed by atoms with van der Waals surface area (Å²) in [5.74, 6) is 1.67. The summed E-state index contributed by atoms with van der Waals surface area (Å²) in [5, 5.41) is 3.67. The van der Waals surface area contributed by atoms with Crippen molar-refractivity contribution in [1.29, 1.82) is 0 Å². The van der Waals surface area contributed by atoms with Crippen molar-refractivity contribution in [3.05, 3.63) is 0 Å². The zero-order chi connectivity index (χ0) is 13.0. The average Bonchev–Trinajstić information content (AvgIpc) is 3.11. The van der Waals surface area contributed by atoms with Gasteiger partial charge >= 0.3 is 0 Å². The van der Waals surface area contributed by atoms with Crippen molar-refractivity contribution in [2.75, 3.05) is 32.8 Å². The second kappa shape index (κ2) is 6.88. The minimum atomic E-state index is 0.651. The Kier molecular flexibility index (Phi) is 5.46. The Hall–Kier alpha value is -0.120. The molecule has 2 aliphatic rings. The predicted octanol–water partition coefficient (Wildman–Crippen LogP) is 2.12. The standard InChI is InChI=1S/C15H30N2O/c1-12(2)8-15-10-17(13(3)9-16-15)6-7-18-11-14-4-5-14/h12-16H,4-11H2,1-3H3. The number of ether oxygens (including phenoxy) is 1. The molecule has 0 bridgehead atoms. The third-order valence-corrected chi connectivity index (χ3v) is 4.11. The van der Waals surface area contributed by atoms with Crippen molar-refractivity contribution in [3.63, 3.8) is 0 Å². The third-order valence-electron chi connectivity index (χ3n) is 4.11. The van der Waals surface area contributed by atoms with E-state index in [0.29, 0.717) is 12.1 Å². The van der Waals surface area contributed by atoms with Gasteiger partial charge in [-0.25, -0.2) is 0 Å². The molecule has 2 fully saturated rings. The molecule has 0 radical (unpaired) electrons. The SMILES string of the molecule is CC(C)CC1CN(CCOCC2CC2)C(C)CN1. The quantitative estimate of drug-likeness (QED) is 0.704. The van der Waals surface area contributed by atoms with Gasteiger partial charge < -0.3 is 10.1 Å². The second-order valence-corrected chi connectivity index (χ2v) is 6.60. The zero-order valence-corrected chi connectivity index (χ0v) is 12.3. The van der Waals surface area contributed by atoms with Gasteiger partial charge in [-0.05, 0) is 38.0 Å². The lowest BCUT2D eigenvalue weighted by molar-refractivity contribution is 0.0634. The van der Waals surface area contributed by atoms with Gasteiger partial charge in [-0.15, -0.1) is 0 Å². The second-order valence-electron chi connectivity index (χ2n) is 6.60. The zero-order valence-electron chi connectivity index (χ0n) is 12.3. The minimum absolute atomic E-state index is 0.651. The Morgan fingerprint density at radius 2 is 2.11 bits per heavy atom. The van der Waals surface area contributed by atoms with E-state index in [-0.39, 0.29) is 0 Å². The van der Waals surface area contributed by atoms with E-state index >= 15 is 0 Å². The van der Waals surface area contributed by atoms with Crippen LogP contribution in [0.1, 0.15) is 40.0 Å². The summed E-state index contributed by atoms with van der Waals surface area (Å²) in [6.07, 6.45) is 4.06. The molecule has 0 spiro atoms. The van der Waals surface area contributed by atoms with Crippen molar-refractivity contribution in [1.82, 2.24) is 10.2 Å². The van der Waals surface area contributed by atoms with Crippen molar-refractivity contribution in [2.45, 2.75) is 52.1 Å². The first kappa shape index (κ1) is 14.3. The third kappa shape index (κ3) is 4.87. The first-order valence-corrected chi connectivity index (χ1v) is 7.70. The molecule has 1 aliphatic heterocycles. The van der Waals surface area contributed by atoms with Crippen molar-refractivity contribution >= 4 is 0 Å². The van der Waals surface area contributed by atoms with Gasteiger partial charge in [0.25, 0.3) is 0 Å². The van der Waals surface area contributed by atoms with Gasteiger partial charge in [0.1, 0.15) is 0 Å². The number of piperazine rings is 1. The van der Waals surface area contributed by atoms with Gasteiger partial charge in [-0.2, -0.15) is 0 Å². The van der Waals surface area contributed by atoms with Crippen LogP contribution in [0.25, 0.3) is 0 Å². The van der Waals surface area contributed by atoms with Gasteiger partial charge in [0.05, 0.1) is 6.61 Å². The Labute approximate surface area is 112 Å². The topological polar surface area (TPSA) is 24.5 Å². The number of hydrogen-bond acceptors (Lipinski definition) is 3. The van der Waals surface area contributed by atoms with E-state index in [9.17, 15) is 0 Å². The monoisotopic (exact) mass is 254 g/mol. The summed E-state index contributed by atoms with van der Waals surface area (Å²) in [7, 11) is 0. The molecule has 2 atom stereocenters. The van der Waals surface area contributed by atoms with Gasteiger partial charge in [0, 0.05) is 38.3 Å². The van der Waals surface area contributed by atoms with Crippen molar-refractivity contribution in [2.24, 2.45) is 11.8 Å². The average molecular weight is 254 g/mol. The van der Waals surface area contributed by atoms with E-state index in [2.05, 4.69) is 31.0 Å². The molecule has 1 saturated carbocycles. The van der Waals surface area contributed by atoms with E-state index < -0.39 is 0 Å². The van der Waals surface area contributed by atoms with E-state index in [4.69, 9.17) is 4.74 Å². The Balaban J connectivity index is 1.64. The van der Waals surface area contributed by atoms with Crippen LogP contribution < -0.4 is 5.32 Å². The molecule has 0 aromatic carbocycles. The molecule has 3 heteroatoms. The maximum atomic E-state index is 5.76. The van der Waals surface area contributed by atoms with E-state index in [1.807, 2.05) is 0 Å². The first-order chi connectivity index (χ1) is 8.65. The molecular formula is C15H30N2O. The molecule has 1 saturated heterocycles. The Morgan fingerprint density at radius 1 is 1.33 bits per heavy atom. The highest BCUT2D eigenvalue weighted by Gasteiger charge is 2.25. The van der Waals surface area contributed by atoms with Crippen LogP contribution in [0.4, 0.5) is 0 Å². The van der Waals surface area contributed by atoms with Gasteiger partial charge in [-0.3, -0.25) is 4.90 Å². The highest BCUT2D eigenvalue weighted by Crippen LogP contribution is 2.28. The van der Waals surface area contributed by atoms with E-state index in [1.165, 1.54) is 25.8 Å². The van der Waals surface area contributed by atoms with Gasteiger partial charge in [0.2, 0.25) is 0 Å². The van der Waals surface area contributed by atoms with E-state index in [0.717, 1.165) is 38.1 Å². The van der Waals surface area contributed by atoms with Crippen LogP contribution in [0.15, 0.2) is 0 Å². The Morgan fingerprint density at radius 3 is 2.78 bits per heavy atom. The van der Waals surface area contributed by atoms with Crippen LogP contribution in [-0.4, -0.2) is 49.8 Å². The molecule has 1 N–H and O–H groups in total. The minimum Gasteiger partial charge on any atom is -0.380 e. The molecule has 0 aromatic heterocycles. The fraction of sp³-hybridized carbons (Fsp3) is 1.00. The van der Waals surface area contributed by atoms with Crippen LogP contribution >= 0.6 is 0 Å². The maximum absolute atomic E-state index is 5.76. The lowest BCUT2D eigenvalue weighted by Gasteiger charge is -2.39. The van der Waals surface area contributed by atoms with Crippen LogP contribution in [0.5, 0.6) is 0 Å². The van der Waals surface area contributed by atoms with Gasteiger partial charge in [-0.1, -0.05) is 13.8 Å². The predicted molar refractivity (Wildman–Crippen MR) is 75.8 cm³/mol. The number of rotatable bonds is 7. The van der Waals surface area contributed by atoms with Crippen LogP contribution in [0.3, 0.4) is 0 Å². The molecule has 2 unspecified atom stereocenters. The first-order valence-electron chi connectivity index (χ1n) is 7.70. The lowest BCUT2D eigenvalue weighted by atomic mass is 10.0. The summed E-state index contributed by atoms with van der Waals surface area (Å²) in [4.78, 5) is 2.59. The summed E-state index contributed by atoms with van der Waals surface area (Å²) >= 11 is 0. The highest BCUT2D eigenvalue weighted by atomic mass is 16.5. The highest BCUT2D eigenvalue weighted by molar-refractivity contribution is 4.84. The number of nitrogens with zero attached hydrogens (tertiary/aromatic N) is 1. The van der Waals surface area contributed by atoms with Crippen LogP contribution in [0, 0.1) is 11.8 Å². The summed E-state index contributed by atoms with van der Waals surface area (Å²) in [6, 6.07) is 1.32. The largest absolute Gasteiger partial charge is 0.380 e. The molecule has 2 rings (SSSR count). The molecule has 106 valence electrons. The Bertz CT molecular complexity index is 241. The normalized spacial score (nSPS) is 30.0. The van der Waals surface area contributed by atoms with E-state index in [1.54, 1.807) is 0 Å². The van der Waals surface area contributed by atoms with Crippen molar-refractivity contribution < 1.29 is 4.74 Å². The molecular weight excluding hydrogens is 224 g/mol. The lowest BCUT2D eigenvalue weighted by Crippen LogP contribution is -2.56. The maximum Gasteiger partial charge on any atom is 0.0593 e. The number of nitrogens with one attached hydrogen (secondary N) is 1. The van der Waals surface area contributed by atoms with Crippen molar-refractivity contribution in [3.8, 4) is 0 Å². The molecule has 1 heterocycles. The molecule has 3 nitrogen and oxygen atoms in total. The molecule has 0 amide bonds. The van der Waals surface area contributed by atoms with Crippen LogP contribution in [0.2, 0.25) is 0 Å². The molecule has 0 aromatic rings. The summed E-state index contributed by atoms with van der Waals surface area (Å²) < 4.78 is 5.76. The fourth-order valence-electron chi connectivity index (χ4n) is 2.75. The van der Waals surface area contributed by atoms with Crippen LogP contribution in [-0.2, 0) is 4.74 Å². The molecule has 18 heavy (non-hydrogen) atoms. The smallest absolute Gasteiger partial charge is 0.0593 e.